The van der Waals surface area contributed by atoms with Gasteiger partial charge in [0.15, 0.2) is 5.79 Å². The number of rotatable bonds is 24. The van der Waals surface area contributed by atoms with Crippen LogP contribution < -0.4 is 32.3 Å². The minimum atomic E-state index is -1.12. The van der Waals surface area contributed by atoms with Crippen LogP contribution in [0.1, 0.15) is 168 Å². The zero-order chi connectivity index (χ0) is 70.8. The normalized spacial score (nSPS) is 33.9. The predicted octanol–water partition coefficient (Wildman–Crippen LogP) is 5.37. The first-order valence-electron chi connectivity index (χ1n) is 35.4. The maximum atomic E-state index is 14.6. The number of ketones is 1. The lowest BCUT2D eigenvalue weighted by molar-refractivity contribution is -0.274. The van der Waals surface area contributed by atoms with Crippen LogP contribution in [-0.2, 0) is 87.6 Å². The summed E-state index contributed by atoms with van der Waals surface area (Å²) in [5, 5.41) is 36.8. The van der Waals surface area contributed by atoms with Crippen molar-refractivity contribution >= 4 is 81.7 Å². The van der Waals surface area contributed by atoms with Crippen LogP contribution in [-0.4, -0.2) is 202 Å². The molecule has 1 aromatic rings. The number of hydrogen-bond donors (Lipinski definition) is 8. The topological polar surface area (TPSA) is 376 Å². The lowest BCUT2D eigenvalue weighted by Gasteiger charge is -2.49. The Labute approximate surface area is 591 Å². The SMILES string of the molecule is C=C1CC2CC[C@]34C[C@@H](O)[C@@H](O3)C3O[C@H]5CC[C@H](CC(=O)CC6[C@H](CC7OC(CCC1O2)C[C@@H](C)C7=C)O[C@H](C[C@H](O)CNC(=O)OCc1ccc(NC(=O)C(CCCNC(N)=O)NC(=O)[C@@H](NC(=O)CCCCCC(=O)ON2C(=O)CCC2=O)C(C)C)cc1)[C@@H]6OC)O[C@@H]5[C@H](O4)[C@@H]3I. The molecule has 10 rings (SSSR count). The third-order valence-electron chi connectivity index (χ3n) is 20.8. The fourth-order valence-corrected chi connectivity index (χ4v) is 16.6. The van der Waals surface area contributed by atoms with Crippen molar-refractivity contribution in [3.63, 3.8) is 0 Å². The molecule has 0 aliphatic carbocycles. The van der Waals surface area contributed by atoms with Crippen molar-refractivity contribution in [3.05, 3.63) is 54.1 Å². The molecule has 7 unspecified atom stereocenters. The molecule has 0 aromatic heterocycles. The number of nitrogens with one attached hydrogen (secondary N) is 5. The number of carbonyl (C=O) groups excluding carboxylic acids is 9. The van der Waals surface area contributed by atoms with Crippen LogP contribution in [0.4, 0.5) is 15.3 Å². The number of Topliss-reactive ketones (excluding diaryl/α,β-unsaturated/α-hetero) is 1. The average Bonchev–Trinajstić information content (AvgIpc) is 1.60. The Morgan fingerprint density at radius 2 is 1.49 bits per heavy atom. The number of benzene rings is 1. The van der Waals surface area contributed by atoms with E-state index in [0.29, 0.717) is 80.5 Å². The summed E-state index contributed by atoms with van der Waals surface area (Å²) >= 11 is 2.35. The number of urea groups is 1. The van der Waals surface area contributed by atoms with Crippen LogP contribution in [0, 0.1) is 17.8 Å². The van der Waals surface area contributed by atoms with Crippen molar-refractivity contribution in [3.8, 4) is 0 Å². The zero-order valence-electron chi connectivity index (χ0n) is 57.1. The molecule has 0 radical (unpaired) electrons. The molecule has 9 aliphatic rings. The third-order valence-corrected chi connectivity index (χ3v) is 22.2. The first-order chi connectivity index (χ1) is 47.3. The number of ether oxygens (including phenoxy) is 9. The van der Waals surface area contributed by atoms with E-state index >= 15 is 0 Å². The second kappa shape index (κ2) is 34.5. The van der Waals surface area contributed by atoms with Gasteiger partial charge in [0, 0.05) is 96.0 Å². The summed E-state index contributed by atoms with van der Waals surface area (Å²) in [5.41, 5.74) is 8.14. The Balaban J connectivity index is 0.714. The van der Waals surface area contributed by atoms with Crippen LogP contribution in [0.2, 0.25) is 0 Å². The molecule has 8 amide bonds. The summed E-state index contributed by atoms with van der Waals surface area (Å²) in [7, 11) is 1.57. The highest BCUT2D eigenvalue weighted by molar-refractivity contribution is 14.1. The maximum Gasteiger partial charge on any atom is 0.407 e. The number of alkyl halides is 1. The van der Waals surface area contributed by atoms with E-state index in [9.17, 15) is 53.4 Å². The number of anilines is 1. The number of nitrogens with two attached hydrogens (primary N) is 1. The number of carbonyl (C=O) groups is 9. The molecular formula is C70H100IN7O21. The Bertz CT molecular complexity index is 3070. The summed E-state index contributed by atoms with van der Waals surface area (Å²) < 4.78 is 59.3. The van der Waals surface area contributed by atoms with Crippen molar-refractivity contribution < 1.29 is 101 Å². The summed E-state index contributed by atoms with van der Waals surface area (Å²) in [6.45, 7) is 14.3. The summed E-state index contributed by atoms with van der Waals surface area (Å²) in [4.78, 5) is 120. The van der Waals surface area contributed by atoms with Crippen molar-refractivity contribution in [2.24, 2.45) is 23.5 Å². The Morgan fingerprint density at radius 1 is 0.778 bits per heavy atom. The largest absolute Gasteiger partial charge is 0.445 e. The number of primary amides is 1. The highest BCUT2D eigenvalue weighted by Gasteiger charge is 2.63. The van der Waals surface area contributed by atoms with Gasteiger partial charge in [-0.15, -0.1) is 5.06 Å². The molecule has 10 bridgehead atoms. The van der Waals surface area contributed by atoms with Gasteiger partial charge >= 0.3 is 18.1 Å². The number of imide groups is 1. The number of aliphatic hydroxyl groups excluding tert-OH is 2. The number of hydrogen-bond acceptors (Lipinski definition) is 21. The number of unbranched alkanes of at least 4 members (excludes halogenated alkanes) is 2. The maximum absolute atomic E-state index is 14.6. The minimum Gasteiger partial charge on any atom is -0.445 e. The Kier molecular flexibility index (Phi) is 26.4. The summed E-state index contributed by atoms with van der Waals surface area (Å²) in [6.07, 6.45) is -0.0456. The van der Waals surface area contributed by atoms with E-state index in [4.69, 9.17) is 53.2 Å². The number of alkyl carbamates (subject to hydrolysis) is 1. The van der Waals surface area contributed by atoms with Crippen LogP contribution in [0.5, 0.6) is 0 Å². The van der Waals surface area contributed by atoms with E-state index in [1.807, 2.05) is 0 Å². The molecule has 9 fully saturated rings. The highest BCUT2D eigenvalue weighted by Crippen LogP contribution is 2.51. The van der Waals surface area contributed by atoms with Gasteiger partial charge in [-0.25, -0.2) is 14.4 Å². The molecule has 28 nitrogen and oxygen atoms in total. The second-order valence-corrected chi connectivity index (χ2v) is 30.0. The van der Waals surface area contributed by atoms with Gasteiger partial charge in [-0.05, 0) is 111 Å². The van der Waals surface area contributed by atoms with Gasteiger partial charge in [-0.1, -0.05) is 75.1 Å². The second-order valence-electron chi connectivity index (χ2n) is 28.6. The van der Waals surface area contributed by atoms with Gasteiger partial charge in [0.05, 0.1) is 71.1 Å². The molecule has 0 saturated carbocycles. The predicted molar refractivity (Wildman–Crippen MR) is 361 cm³/mol. The van der Waals surface area contributed by atoms with Gasteiger partial charge in [0.2, 0.25) is 17.7 Å². The molecular weight excluding hydrogens is 1400 g/mol. The minimum absolute atomic E-state index is 0.0175. The van der Waals surface area contributed by atoms with Crippen molar-refractivity contribution in [2.75, 3.05) is 25.5 Å². The fourth-order valence-electron chi connectivity index (χ4n) is 15.5. The number of aliphatic hydroxyl groups is 2. The molecule has 9 saturated heterocycles. The molecule has 1 aromatic carbocycles. The highest BCUT2D eigenvalue weighted by atomic mass is 127. The quantitative estimate of drug-likeness (QED) is 0.0212. The van der Waals surface area contributed by atoms with Crippen LogP contribution >= 0.6 is 22.6 Å². The third kappa shape index (κ3) is 19.7. The van der Waals surface area contributed by atoms with E-state index in [1.54, 1.807) is 45.2 Å². The number of amides is 8. The van der Waals surface area contributed by atoms with E-state index in [1.165, 1.54) is 0 Å². The summed E-state index contributed by atoms with van der Waals surface area (Å²) in [5.74, 6) is -5.31. The number of nitrogens with zero attached hydrogens (tertiary/aromatic N) is 1. The van der Waals surface area contributed by atoms with Crippen molar-refractivity contribution in [1.29, 1.82) is 0 Å². The first-order valence-corrected chi connectivity index (χ1v) is 36.6. The van der Waals surface area contributed by atoms with Crippen LogP contribution in [0.3, 0.4) is 0 Å². The van der Waals surface area contributed by atoms with E-state index < -0.39 is 138 Å². The van der Waals surface area contributed by atoms with Gasteiger partial charge in [0.1, 0.15) is 48.9 Å². The van der Waals surface area contributed by atoms with E-state index in [-0.39, 0.29) is 124 Å². The van der Waals surface area contributed by atoms with Crippen LogP contribution in [0.25, 0.3) is 0 Å². The summed E-state index contributed by atoms with van der Waals surface area (Å²) in [6, 6.07) is 3.53. The van der Waals surface area contributed by atoms with Crippen molar-refractivity contribution in [1.82, 2.24) is 26.3 Å². The van der Waals surface area contributed by atoms with Gasteiger partial charge in [0.25, 0.3) is 11.8 Å². The molecule has 9 aliphatic heterocycles. The molecule has 9 N–H and O–H groups in total. The molecule has 548 valence electrons. The smallest absolute Gasteiger partial charge is 0.407 e. The number of methoxy groups -OCH3 is 1. The Hall–Kier alpha value is -5.74. The van der Waals surface area contributed by atoms with Crippen LogP contribution in [0.15, 0.2) is 48.6 Å². The number of hydroxylamine groups is 2. The van der Waals surface area contributed by atoms with Gasteiger partial charge in [-0.2, -0.15) is 0 Å². The molecule has 1 spiro atoms. The monoisotopic (exact) mass is 1500 g/mol. The number of halogens is 1. The van der Waals surface area contributed by atoms with E-state index in [2.05, 4.69) is 69.3 Å². The zero-order valence-corrected chi connectivity index (χ0v) is 59.2. The van der Waals surface area contributed by atoms with Gasteiger partial charge in [-0.3, -0.25) is 28.8 Å². The first kappa shape index (κ1) is 75.9. The molecule has 29 heteroatoms. The lowest BCUT2D eigenvalue weighted by atomic mass is 9.81. The lowest BCUT2D eigenvalue weighted by Crippen LogP contribution is -2.63. The van der Waals surface area contributed by atoms with Gasteiger partial charge < -0.3 is 90.0 Å². The fraction of sp³-hybridized carbons (Fsp3) is 0.729. The standard InChI is InChI=1S/C70H100IN7O21/c1-36(2)60(77-55(82)12-8-7-9-13-58(85)99-78-56(83)22-23-57(78)84)67(87)76-48(11-10-26-73-68(72)88)66(86)75-41-16-14-40(15-17-41)35-91-69(89)74-34-43(80)31-54-61(90-6)47-30-42(79)29-45-19-21-51-63(94-45)65-59(71)64(96-51)62-49(81)33-70(97-62,98-65)25-24-46-28-38(4)50(92-46)20-18-44-27-37(3)39(5)52(93-44)32-53(47)95-54/h14-17,36-37,43-54,59-65,80-81H,4-5,7-13,18-35H2,1-3,6H3,(H,74,89)(H,75,86)(H,76,87)(H,77,82)(H3,72,73,88)/t37-,43+,44?,45-,46?,47?,48?,49-,50?,51+,52?,53+,54-,59-,60+,61-,62-,63+,64?,65-,70+/m1/s1. The molecule has 9 heterocycles. The average molecular weight is 1500 g/mol. The molecule has 99 heavy (non-hydrogen) atoms. The number of fused-ring (bicyclic) bond motifs is 9. The molecule has 21 atom stereocenters. The van der Waals surface area contributed by atoms with Crippen molar-refractivity contribution in [2.45, 2.75) is 282 Å². The Morgan fingerprint density at radius 3 is 2.23 bits per heavy atom. The van der Waals surface area contributed by atoms with E-state index in [0.717, 1.165) is 30.4 Å².